The topological polar surface area (TPSA) is 6.48 Å². The molecular formula is C67H91BN2S. The summed E-state index contributed by atoms with van der Waals surface area (Å²) >= 11 is 2.29. The standard InChI is InChI=1S/C67H91BN2S/c1-37-28-46-47-35-52(37)69-53-34-42(70-51-23-20-38(61(2,3)4)31-48(51)66(14)25-24-39(36-67(66,70)15)65(47,13)27-26-64(46,11)12)21-22-49(53)68-50-32-40(62(5,6)7)30-45-56(50)57(58-43-18-16-17-19-55(43)71-60(45)58)44-29-41(63(8,9)10)33-54(69)59(44)68/h16-17,19,21-22,28,30,34,38-39,41,43,47-48,50-51,54,57-58,60H,18,20,23-27,29,31-33,35-36H2,1-15H3. The van der Waals surface area contributed by atoms with E-state index in [1.807, 2.05) is 16.6 Å². The molecule has 0 N–H and O–H groups in total. The van der Waals surface area contributed by atoms with Gasteiger partial charge in [-0.25, -0.2) is 0 Å². The third-order valence-electron chi connectivity index (χ3n) is 25.3. The Morgan fingerprint density at radius 3 is 2.34 bits per heavy atom. The largest absolute Gasteiger partial charge is 0.362 e. The van der Waals surface area contributed by atoms with Crippen molar-refractivity contribution >= 4 is 35.3 Å². The number of thioether (sulfide) groups is 1. The van der Waals surface area contributed by atoms with Gasteiger partial charge < -0.3 is 9.80 Å². The van der Waals surface area contributed by atoms with Crippen molar-refractivity contribution < 1.29 is 0 Å². The molecule has 2 saturated heterocycles. The Morgan fingerprint density at radius 1 is 0.817 bits per heavy atom. The Kier molecular flexibility index (Phi) is 9.69. The predicted molar refractivity (Wildman–Crippen MR) is 304 cm³/mol. The van der Waals surface area contributed by atoms with Crippen molar-refractivity contribution in [2.45, 2.75) is 216 Å². The lowest BCUT2D eigenvalue weighted by molar-refractivity contribution is -0.0448. The van der Waals surface area contributed by atoms with Crippen molar-refractivity contribution in [3.8, 4) is 0 Å². The molecule has 13 aliphatic rings. The minimum Gasteiger partial charge on any atom is -0.362 e. The first-order valence-corrected chi connectivity index (χ1v) is 30.6. The quantitative estimate of drug-likeness (QED) is 0.239. The third-order valence-corrected chi connectivity index (χ3v) is 26.8. The molecule has 4 heteroatoms. The van der Waals surface area contributed by atoms with E-state index in [1.54, 1.807) is 49.7 Å². The van der Waals surface area contributed by atoms with Crippen LogP contribution >= 0.6 is 11.8 Å². The molecule has 5 aliphatic heterocycles. The average molecular weight is 967 g/mol. The highest BCUT2D eigenvalue weighted by Gasteiger charge is 2.69. The van der Waals surface area contributed by atoms with E-state index in [9.17, 15) is 0 Å². The minimum absolute atomic E-state index is 0.114. The van der Waals surface area contributed by atoms with Gasteiger partial charge in [0, 0.05) is 45.9 Å². The number of hydrogen-bond acceptors (Lipinski definition) is 3. The van der Waals surface area contributed by atoms with Gasteiger partial charge in [-0.1, -0.05) is 160 Å². The zero-order valence-corrected chi connectivity index (χ0v) is 47.9. The molecule has 15 unspecified atom stereocenters. The van der Waals surface area contributed by atoms with Crippen molar-refractivity contribution in [2.24, 2.45) is 79.8 Å². The number of hydrogen-bond donors (Lipinski definition) is 0. The van der Waals surface area contributed by atoms with Crippen LogP contribution in [0.4, 0.5) is 11.4 Å². The molecule has 5 fully saturated rings. The van der Waals surface area contributed by atoms with Crippen LogP contribution in [0.25, 0.3) is 0 Å². The molecule has 378 valence electrons. The molecule has 14 rings (SSSR count). The predicted octanol–water partition coefficient (Wildman–Crippen LogP) is 17.0. The highest BCUT2D eigenvalue weighted by molar-refractivity contribution is 8.04. The Hall–Kier alpha value is -2.59. The van der Waals surface area contributed by atoms with Gasteiger partial charge in [-0.05, 0) is 205 Å². The summed E-state index contributed by atoms with van der Waals surface area (Å²) < 4.78 is 0. The van der Waals surface area contributed by atoms with Crippen LogP contribution in [0.3, 0.4) is 0 Å². The van der Waals surface area contributed by atoms with Crippen LogP contribution in [0.2, 0.25) is 5.82 Å². The lowest BCUT2D eigenvalue weighted by Crippen LogP contribution is -2.62. The Morgan fingerprint density at radius 2 is 1.59 bits per heavy atom. The molecule has 1 aromatic carbocycles. The summed E-state index contributed by atoms with van der Waals surface area (Å²) in [4.78, 5) is 8.09. The second-order valence-corrected chi connectivity index (χ2v) is 32.8. The van der Waals surface area contributed by atoms with Crippen LogP contribution in [0.5, 0.6) is 0 Å². The van der Waals surface area contributed by atoms with E-state index in [4.69, 9.17) is 0 Å². The van der Waals surface area contributed by atoms with Gasteiger partial charge in [0.2, 0.25) is 6.71 Å². The molecule has 2 nitrogen and oxygen atoms in total. The van der Waals surface area contributed by atoms with Crippen LogP contribution < -0.4 is 15.3 Å². The molecule has 3 saturated carbocycles. The summed E-state index contributed by atoms with van der Waals surface area (Å²) in [6, 6.07) is 9.47. The summed E-state index contributed by atoms with van der Waals surface area (Å²) in [5, 5.41) is 0.581. The van der Waals surface area contributed by atoms with E-state index in [2.05, 4.69) is 174 Å². The second kappa shape index (κ2) is 14.7. The molecule has 0 aromatic heterocycles. The molecule has 1 aromatic rings. The van der Waals surface area contributed by atoms with E-state index in [0.717, 1.165) is 17.8 Å². The molecule has 6 bridgehead atoms. The number of anilines is 2. The molecule has 8 aliphatic carbocycles. The molecule has 0 spiro atoms. The fourth-order valence-corrected chi connectivity index (χ4v) is 22.5. The monoisotopic (exact) mass is 967 g/mol. The maximum Gasteiger partial charge on any atom is 0.217 e. The molecule has 71 heavy (non-hydrogen) atoms. The number of nitrogens with zero attached hydrogens (tertiary/aromatic N) is 2. The van der Waals surface area contributed by atoms with Crippen molar-refractivity contribution in [1.82, 2.24) is 0 Å². The van der Waals surface area contributed by atoms with E-state index in [-0.39, 0.29) is 27.2 Å². The van der Waals surface area contributed by atoms with Crippen molar-refractivity contribution in [3.63, 3.8) is 0 Å². The Labute approximate surface area is 436 Å². The maximum absolute atomic E-state index is 3.22. The lowest BCUT2D eigenvalue weighted by Gasteiger charge is -2.62. The summed E-state index contributed by atoms with van der Waals surface area (Å²) in [6.45, 7) is 39.9. The highest BCUT2D eigenvalue weighted by atomic mass is 32.2. The van der Waals surface area contributed by atoms with Crippen molar-refractivity contribution in [2.75, 3.05) is 9.80 Å². The van der Waals surface area contributed by atoms with Crippen LogP contribution in [0.1, 0.15) is 187 Å². The SMILES string of the molecule is CC1=C2CC3C(=C1)C(C)(C)CCC3(C)C1CCC3(C)C4CC(C(C)(C)C)CCC4N(c4ccc5c(c4)N2C2CC(C(C)(C)C)CC4=C2B5C2CC(C(C)(C)C)=CC5=C2C4C2C4CC=CC=C4SC52)C3(C)C1. The zero-order valence-electron chi connectivity index (χ0n) is 47.1. The third kappa shape index (κ3) is 6.10. The van der Waals surface area contributed by atoms with Gasteiger partial charge in [0.05, 0.1) is 0 Å². The van der Waals surface area contributed by atoms with Gasteiger partial charge in [0.1, 0.15) is 0 Å². The summed E-state index contributed by atoms with van der Waals surface area (Å²) in [7, 11) is 0. The fourth-order valence-electron chi connectivity index (χ4n) is 20.8. The summed E-state index contributed by atoms with van der Waals surface area (Å²) in [6.07, 6.45) is 30.3. The maximum atomic E-state index is 3.22. The average Bonchev–Trinajstić information content (AvgIpc) is 3.90. The van der Waals surface area contributed by atoms with Crippen molar-refractivity contribution in [3.05, 3.63) is 98.1 Å². The van der Waals surface area contributed by atoms with Crippen LogP contribution in [-0.4, -0.2) is 29.6 Å². The van der Waals surface area contributed by atoms with Gasteiger partial charge in [0.15, 0.2) is 0 Å². The van der Waals surface area contributed by atoms with Gasteiger partial charge in [-0.3, -0.25) is 0 Å². The zero-order chi connectivity index (χ0) is 49.6. The summed E-state index contributed by atoms with van der Waals surface area (Å²) in [5.41, 5.74) is 20.9. The molecule has 0 radical (unpaired) electrons. The highest BCUT2D eigenvalue weighted by Crippen LogP contribution is 2.73. The molecule has 5 heterocycles. The number of rotatable bonds is 0. The van der Waals surface area contributed by atoms with Crippen LogP contribution in [0.15, 0.2) is 98.1 Å². The number of benzene rings is 1. The number of fused-ring (bicyclic) bond motifs is 18. The first kappa shape index (κ1) is 46.9. The molecule has 15 atom stereocenters. The fraction of sp³-hybridized carbons (Fsp3) is 0.701. The van der Waals surface area contributed by atoms with Crippen LogP contribution in [-0.2, 0) is 0 Å². The molecular weight excluding hydrogens is 876 g/mol. The minimum atomic E-state index is 0.114. The van der Waals surface area contributed by atoms with E-state index >= 15 is 0 Å². The normalized spacial score (nSPS) is 43.4. The van der Waals surface area contributed by atoms with Gasteiger partial charge >= 0.3 is 0 Å². The Bertz CT molecular complexity index is 2770. The van der Waals surface area contributed by atoms with Gasteiger partial charge in [-0.2, -0.15) is 0 Å². The first-order valence-electron chi connectivity index (χ1n) is 29.7. The second-order valence-electron chi connectivity index (χ2n) is 31.6. The van der Waals surface area contributed by atoms with Gasteiger partial charge in [-0.15, -0.1) is 11.8 Å². The van der Waals surface area contributed by atoms with E-state index < -0.39 is 0 Å². The van der Waals surface area contributed by atoms with E-state index in [1.165, 1.54) is 83.5 Å². The smallest absolute Gasteiger partial charge is 0.217 e. The van der Waals surface area contributed by atoms with E-state index in [0.29, 0.717) is 70.3 Å². The Balaban J connectivity index is 1.05. The lowest BCUT2D eigenvalue weighted by atomic mass is 9.24. The number of allylic oxidation sites excluding steroid dienone is 12. The van der Waals surface area contributed by atoms with Crippen molar-refractivity contribution in [1.29, 1.82) is 0 Å². The van der Waals surface area contributed by atoms with Crippen LogP contribution in [0, 0.1) is 79.8 Å². The molecule has 0 amide bonds. The summed E-state index contributed by atoms with van der Waals surface area (Å²) in [5.74, 6) is 5.95. The van der Waals surface area contributed by atoms with Gasteiger partial charge in [0.25, 0.3) is 0 Å². The first-order chi connectivity index (χ1) is 33.3.